The lowest BCUT2D eigenvalue weighted by Gasteiger charge is -2.35. The molecule has 0 unspecified atom stereocenters. The van der Waals surface area contributed by atoms with Gasteiger partial charge in [-0.05, 0) is 49.9 Å². The fourth-order valence-electron chi connectivity index (χ4n) is 3.38. The fourth-order valence-corrected chi connectivity index (χ4v) is 3.64. The highest BCUT2D eigenvalue weighted by atomic mass is 79.9. The summed E-state index contributed by atoms with van der Waals surface area (Å²) in [4.78, 5) is 18.9. The molecule has 1 saturated heterocycles. The van der Waals surface area contributed by atoms with Crippen LogP contribution in [0.25, 0.3) is 11.4 Å². The second kappa shape index (κ2) is 6.67. The highest BCUT2D eigenvalue weighted by Crippen LogP contribution is 2.32. The number of hydrogen-bond acceptors (Lipinski definition) is 4. The molecule has 2 aliphatic rings. The topological polar surface area (TPSA) is 59.2 Å². The van der Waals surface area contributed by atoms with Gasteiger partial charge in [0, 0.05) is 35.0 Å². The zero-order valence-corrected chi connectivity index (χ0v) is 15.0. The van der Waals surface area contributed by atoms with Crippen molar-refractivity contribution in [1.29, 1.82) is 0 Å². The molecule has 24 heavy (non-hydrogen) atoms. The predicted octanol–water partition coefficient (Wildman–Crippen LogP) is 4.01. The Morgan fingerprint density at radius 3 is 2.46 bits per heavy atom. The van der Waals surface area contributed by atoms with Crippen LogP contribution in [-0.2, 0) is 4.79 Å². The van der Waals surface area contributed by atoms with Gasteiger partial charge in [0.2, 0.25) is 17.6 Å². The quantitative estimate of drug-likeness (QED) is 0.795. The first-order valence-electron chi connectivity index (χ1n) is 8.59. The van der Waals surface area contributed by atoms with Gasteiger partial charge in [0.1, 0.15) is 0 Å². The van der Waals surface area contributed by atoms with Gasteiger partial charge in [0.25, 0.3) is 0 Å². The summed E-state index contributed by atoms with van der Waals surface area (Å²) in [7, 11) is 0. The van der Waals surface area contributed by atoms with Crippen LogP contribution >= 0.6 is 15.9 Å². The lowest BCUT2D eigenvalue weighted by molar-refractivity contribution is -0.139. The summed E-state index contributed by atoms with van der Waals surface area (Å²) in [5.74, 6) is 2.22. The Morgan fingerprint density at radius 1 is 1.12 bits per heavy atom. The molecule has 5 nitrogen and oxygen atoms in total. The van der Waals surface area contributed by atoms with E-state index in [1.54, 1.807) is 0 Å². The van der Waals surface area contributed by atoms with Crippen molar-refractivity contribution in [3.8, 4) is 11.4 Å². The normalized spacial score (nSPS) is 19.3. The number of likely N-dealkylation sites (tertiary alicyclic amines) is 1. The number of rotatable bonds is 3. The first-order chi connectivity index (χ1) is 11.7. The molecule has 0 atom stereocenters. The lowest BCUT2D eigenvalue weighted by Crippen LogP contribution is -2.43. The Kier molecular flexibility index (Phi) is 4.39. The van der Waals surface area contributed by atoms with Crippen LogP contribution in [0.4, 0.5) is 0 Å². The summed E-state index contributed by atoms with van der Waals surface area (Å²) < 4.78 is 6.51. The van der Waals surface area contributed by atoms with Crippen LogP contribution in [0, 0.1) is 5.92 Å². The average Bonchev–Trinajstić information content (AvgIpc) is 3.04. The Morgan fingerprint density at radius 2 is 1.83 bits per heavy atom. The Hall–Kier alpha value is -1.69. The van der Waals surface area contributed by atoms with E-state index in [1.165, 1.54) is 6.42 Å². The fraction of sp³-hybridized carbons (Fsp3) is 0.500. The van der Waals surface area contributed by atoms with Crippen LogP contribution in [0.3, 0.4) is 0 Å². The number of hydrogen-bond donors (Lipinski definition) is 0. The molecule has 1 saturated carbocycles. The molecule has 2 fully saturated rings. The molecule has 4 rings (SSSR count). The Labute approximate surface area is 149 Å². The van der Waals surface area contributed by atoms with Crippen LogP contribution in [0.1, 0.15) is 43.9 Å². The second-order valence-electron chi connectivity index (χ2n) is 6.69. The summed E-state index contributed by atoms with van der Waals surface area (Å²) in [6.07, 6.45) is 5.15. The molecule has 1 aliphatic carbocycles. The molecular weight excluding hydrogens is 370 g/mol. The Bertz CT molecular complexity index is 716. The van der Waals surface area contributed by atoms with E-state index in [2.05, 4.69) is 26.1 Å². The maximum atomic E-state index is 12.3. The smallest absolute Gasteiger partial charge is 0.230 e. The van der Waals surface area contributed by atoms with Crippen molar-refractivity contribution in [3.05, 3.63) is 34.6 Å². The van der Waals surface area contributed by atoms with E-state index < -0.39 is 0 Å². The summed E-state index contributed by atoms with van der Waals surface area (Å²) >= 11 is 3.43. The molecule has 0 bridgehead atoms. The zero-order chi connectivity index (χ0) is 16.5. The van der Waals surface area contributed by atoms with Gasteiger partial charge in [-0.3, -0.25) is 4.79 Å². The largest absolute Gasteiger partial charge is 0.342 e. The molecule has 6 heteroatoms. The average molecular weight is 390 g/mol. The first kappa shape index (κ1) is 15.8. The monoisotopic (exact) mass is 389 g/mol. The number of benzene rings is 1. The van der Waals surface area contributed by atoms with Gasteiger partial charge in [-0.15, -0.1) is 0 Å². The van der Waals surface area contributed by atoms with E-state index in [-0.39, 0.29) is 11.8 Å². The number of amides is 1. The first-order valence-corrected chi connectivity index (χ1v) is 9.38. The number of nitrogens with zero attached hydrogens (tertiary/aromatic N) is 3. The van der Waals surface area contributed by atoms with Crippen molar-refractivity contribution in [2.45, 2.75) is 38.0 Å². The van der Waals surface area contributed by atoms with Crippen molar-refractivity contribution in [1.82, 2.24) is 15.0 Å². The van der Waals surface area contributed by atoms with Crippen LogP contribution in [-0.4, -0.2) is 34.0 Å². The van der Waals surface area contributed by atoms with E-state index in [9.17, 15) is 4.79 Å². The van der Waals surface area contributed by atoms with Gasteiger partial charge < -0.3 is 9.42 Å². The maximum Gasteiger partial charge on any atom is 0.230 e. The molecule has 1 amide bonds. The molecule has 2 aromatic rings. The van der Waals surface area contributed by atoms with Crippen LogP contribution < -0.4 is 0 Å². The number of halogens is 1. The van der Waals surface area contributed by atoms with Crippen molar-refractivity contribution >= 4 is 21.8 Å². The predicted molar refractivity (Wildman–Crippen MR) is 93.3 cm³/mol. The molecule has 1 aromatic heterocycles. The second-order valence-corrected chi connectivity index (χ2v) is 7.61. The van der Waals surface area contributed by atoms with Gasteiger partial charge in [-0.2, -0.15) is 4.98 Å². The molecule has 0 radical (unpaired) electrons. The van der Waals surface area contributed by atoms with Crippen LogP contribution in [0.2, 0.25) is 0 Å². The minimum absolute atomic E-state index is 0.257. The van der Waals surface area contributed by atoms with Gasteiger partial charge in [-0.25, -0.2) is 0 Å². The minimum atomic E-state index is 0.257. The van der Waals surface area contributed by atoms with Crippen LogP contribution in [0.5, 0.6) is 0 Å². The van der Waals surface area contributed by atoms with E-state index in [4.69, 9.17) is 4.52 Å². The molecule has 1 aliphatic heterocycles. The maximum absolute atomic E-state index is 12.3. The summed E-state index contributed by atoms with van der Waals surface area (Å²) in [5, 5.41) is 4.11. The summed E-state index contributed by atoms with van der Waals surface area (Å²) in [5.41, 5.74) is 0.950. The van der Waals surface area contributed by atoms with Gasteiger partial charge in [0.15, 0.2) is 0 Å². The van der Waals surface area contributed by atoms with E-state index in [0.717, 1.165) is 48.8 Å². The highest BCUT2D eigenvalue weighted by molar-refractivity contribution is 9.10. The van der Waals surface area contributed by atoms with Gasteiger partial charge in [0.05, 0.1) is 0 Å². The molecule has 0 spiro atoms. The van der Waals surface area contributed by atoms with E-state index >= 15 is 0 Å². The number of piperidine rings is 1. The van der Waals surface area contributed by atoms with Gasteiger partial charge >= 0.3 is 0 Å². The number of carbonyl (C=O) groups is 1. The van der Waals surface area contributed by atoms with E-state index in [1.807, 2.05) is 29.2 Å². The van der Waals surface area contributed by atoms with Gasteiger partial charge in [-0.1, -0.05) is 27.5 Å². The van der Waals surface area contributed by atoms with E-state index in [0.29, 0.717) is 17.6 Å². The number of aromatic nitrogens is 2. The zero-order valence-electron chi connectivity index (χ0n) is 13.4. The van der Waals surface area contributed by atoms with Crippen molar-refractivity contribution in [2.24, 2.45) is 5.92 Å². The van der Waals surface area contributed by atoms with Crippen molar-refractivity contribution < 1.29 is 9.32 Å². The minimum Gasteiger partial charge on any atom is -0.342 e. The molecule has 0 N–H and O–H groups in total. The van der Waals surface area contributed by atoms with Crippen molar-refractivity contribution in [3.63, 3.8) is 0 Å². The standard InChI is InChI=1S/C18H20BrN3O2/c19-15-6-4-12(5-7-15)16-20-17(24-21-16)13-8-10-22(11-9-13)18(23)14-2-1-3-14/h4-7,13-14H,1-3,8-11H2. The third-order valence-corrected chi connectivity index (χ3v) is 5.68. The lowest BCUT2D eigenvalue weighted by atomic mass is 9.83. The van der Waals surface area contributed by atoms with Crippen molar-refractivity contribution in [2.75, 3.05) is 13.1 Å². The summed E-state index contributed by atoms with van der Waals surface area (Å²) in [6, 6.07) is 7.88. The summed E-state index contributed by atoms with van der Waals surface area (Å²) in [6.45, 7) is 1.60. The third kappa shape index (κ3) is 3.11. The van der Waals surface area contributed by atoms with Crippen LogP contribution in [0.15, 0.2) is 33.3 Å². The highest BCUT2D eigenvalue weighted by Gasteiger charge is 2.33. The number of carbonyl (C=O) groups excluding carboxylic acids is 1. The molecule has 126 valence electrons. The molecule has 1 aromatic carbocycles. The molecular formula is C18H20BrN3O2. The third-order valence-electron chi connectivity index (χ3n) is 5.15. The molecule has 2 heterocycles. The Balaban J connectivity index is 1.39. The SMILES string of the molecule is O=C(C1CCC1)N1CCC(c2nc(-c3ccc(Br)cc3)no2)CC1.